The van der Waals surface area contributed by atoms with Crippen LogP contribution in [0.2, 0.25) is 5.02 Å². The number of aryl methyl sites for hydroxylation is 1. The number of halogens is 1. The first-order valence-electron chi connectivity index (χ1n) is 11.7. The molecule has 0 spiro atoms. The number of carboxylic acid groups (broad SMARTS) is 1. The fraction of sp³-hybridized carbons (Fsp3) is 0.269. The summed E-state index contributed by atoms with van der Waals surface area (Å²) in [5.74, 6) is -1.14. The van der Waals surface area contributed by atoms with Crippen LogP contribution in [0.1, 0.15) is 38.2 Å². The molecule has 1 unspecified atom stereocenters. The maximum Gasteiger partial charge on any atom is 0.335 e. The number of amides is 1. The molecule has 9 nitrogen and oxygen atoms in total. The maximum atomic E-state index is 12.7. The molecular weight excluding hydrogens is 516 g/mol. The molecule has 1 aliphatic rings. The quantitative estimate of drug-likeness (QED) is 0.288. The lowest BCUT2D eigenvalue weighted by molar-refractivity contribution is 0.0190. The van der Waals surface area contributed by atoms with Gasteiger partial charge in [-0.05, 0) is 30.7 Å². The topological polar surface area (TPSA) is 117 Å². The molecule has 1 fully saturated rings. The van der Waals surface area contributed by atoms with Gasteiger partial charge in [-0.3, -0.25) is 15.0 Å². The molecule has 2 aromatic heterocycles. The van der Waals surface area contributed by atoms with Crippen molar-refractivity contribution < 1.29 is 24.2 Å². The summed E-state index contributed by atoms with van der Waals surface area (Å²) < 4.78 is 12.6. The van der Waals surface area contributed by atoms with Gasteiger partial charge < -0.3 is 19.6 Å². The zero-order chi connectivity index (χ0) is 25.9. The third-order valence-electron chi connectivity index (χ3n) is 6.09. The van der Waals surface area contributed by atoms with Crippen LogP contribution >= 0.6 is 22.9 Å². The molecule has 2 aromatic carbocycles. The Kier molecular flexibility index (Phi) is 7.43. The zero-order valence-electron chi connectivity index (χ0n) is 20.0. The van der Waals surface area contributed by atoms with Crippen molar-refractivity contribution in [3.63, 3.8) is 0 Å². The standard InChI is InChI=1S/C26H25ClN4O5S/c1-15-18(27)13-19(28-15)24(32)30-26-29-23-20(11-17(25(33)34)12-22(23)37-26)36-21(16-5-3-2-4-6-16)14-31-7-9-35-10-8-31/h2-6,11-13,21,28H,7-10,14H2,1H3,(H,33,34)(H,29,30,32). The number of nitrogens with zero attached hydrogens (tertiary/aromatic N) is 2. The Bertz CT molecular complexity index is 1410. The van der Waals surface area contributed by atoms with Crippen molar-refractivity contribution in [3.8, 4) is 5.75 Å². The lowest BCUT2D eigenvalue weighted by Crippen LogP contribution is -2.39. The van der Waals surface area contributed by atoms with E-state index in [0.29, 0.717) is 57.3 Å². The number of ether oxygens (including phenoxy) is 2. The summed E-state index contributed by atoms with van der Waals surface area (Å²) in [6.45, 7) is 5.25. The molecule has 1 saturated heterocycles. The number of carbonyl (C=O) groups excluding carboxylic acids is 1. The molecule has 1 aliphatic heterocycles. The monoisotopic (exact) mass is 540 g/mol. The second-order valence-electron chi connectivity index (χ2n) is 8.69. The van der Waals surface area contributed by atoms with E-state index in [9.17, 15) is 14.7 Å². The Morgan fingerprint density at radius 2 is 2.00 bits per heavy atom. The number of fused-ring (bicyclic) bond motifs is 1. The fourth-order valence-corrected chi connectivity index (χ4v) is 5.21. The number of hydrogen-bond acceptors (Lipinski definition) is 7. The summed E-state index contributed by atoms with van der Waals surface area (Å²) >= 11 is 7.25. The maximum absolute atomic E-state index is 12.7. The Morgan fingerprint density at radius 3 is 2.68 bits per heavy atom. The largest absolute Gasteiger partial charge is 0.482 e. The first-order chi connectivity index (χ1) is 17.9. The highest BCUT2D eigenvalue weighted by molar-refractivity contribution is 7.22. The number of aromatic nitrogens is 2. The van der Waals surface area contributed by atoms with Crippen molar-refractivity contribution in [1.82, 2.24) is 14.9 Å². The van der Waals surface area contributed by atoms with Gasteiger partial charge in [-0.2, -0.15) is 0 Å². The summed E-state index contributed by atoms with van der Waals surface area (Å²) in [6.07, 6.45) is -0.365. The SMILES string of the molecule is Cc1[nH]c(C(=O)Nc2nc3c(OC(CN4CCOCC4)c4ccccc4)cc(C(=O)O)cc3s2)cc1Cl. The minimum Gasteiger partial charge on any atom is -0.482 e. The molecule has 1 amide bonds. The molecule has 11 heteroatoms. The van der Waals surface area contributed by atoms with E-state index in [4.69, 9.17) is 21.1 Å². The molecule has 0 bridgehead atoms. The molecule has 4 aromatic rings. The van der Waals surface area contributed by atoms with E-state index in [1.807, 2.05) is 30.3 Å². The van der Waals surface area contributed by atoms with E-state index in [1.54, 1.807) is 13.0 Å². The number of carbonyl (C=O) groups is 2. The van der Waals surface area contributed by atoms with Gasteiger partial charge in [0.2, 0.25) is 0 Å². The van der Waals surface area contributed by atoms with Crippen LogP contribution in [0, 0.1) is 6.92 Å². The predicted molar refractivity (Wildman–Crippen MR) is 142 cm³/mol. The van der Waals surface area contributed by atoms with Gasteiger partial charge in [0.05, 0.1) is 28.5 Å². The molecule has 192 valence electrons. The van der Waals surface area contributed by atoms with Crippen molar-refractivity contribution in [3.05, 3.63) is 76.1 Å². The highest BCUT2D eigenvalue weighted by Crippen LogP contribution is 2.36. The summed E-state index contributed by atoms with van der Waals surface area (Å²) in [7, 11) is 0. The molecule has 5 rings (SSSR count). The molecule has 0 saturated carbocycles. The van der Waals surface area contributed by atoms with E-state index in [0.717, 1.165) is 18.7 Å². The molecule has 1 atom stereocenters. The van der Waals surface area contributed by atoms with E-state index in [-0.39, 0.29) is 11.7 Å². The molecule has 0 aliphatic carbocycles. The van der Waals surface area contributed by atoms with Gasteiger partial charge in [-0.15, -0.1) is 0 Å². The van der Waals surface area contributed by atoms with Crippen LogP contribution in [0.3, 0.4) is 0 Å². The van der Waals surface area contributed by atoms with Crippen molar-refractivity contribution in [2.75, 3.05) is 38.2 Å². The number of aromatic carboxylic acids is 1. The summed E-state index contributed by atoms with van der Waals surface area (Å²) in [5.41, 5.74) is 2.51. The Morgan fingerprint density at radius 1 is 1.24 bits per heavy atom. The first-order valence-corrected chi connectivity index (χ1v) is 12.9. The van der Waals surface area contributed by atoms with E-state index < -0.39 is 11.9 Å². The zero-order valence-corrected chi connectivity index (χ0v) is 21.6. The molecule has 0 radical (unpaired) electrons. The van der Waals surface area contributed by atoms with Gasteiger partial charge in [0.25, 0.3) is 5.91 Å². The number of hydrogen-bond donors (Lipinski definition) is 3. The Labute approximate surface area is 222 Å². The number of anilines is 1. The average molecular weight is 541 g/mol. The molecule has 37 heavy (non-hydrogen) atoms. The van der Waals surface area contributed by atoms with Crippen LogP contribution in [0.4, 0.5) is 5.13 Å². The number of thiazole rings is 1. The molecule has 3 N–H and O–H groups in total. The van der Waals surface area contributed by atoms with Crippen LogP contribution in [-0.2, 0) is 4.74 Å². The smallest absolute Gasteiger partial charge is 0.335 e. The summed E-state index contributed by atoms with van der Waals surface area (Å²) in [6, 6.07) is 14.4. The van der Waals surface area contributed by atoms with Gasteiger partial charge >= 0.3 is 5.97 Å². The predicted octanol–water partition coefficient (Wildman–Crippen LogP) is 4.99. The number of nitrogens with one attached hydrogen (secondary N) is 2. The third-order valence-corrected chi connectivity index (χ3v) is 7.40. The highest BCUT2D eigenvalue weighted by atomic mass is 35.5. The normalized spacial score (nSPS) is 15.0. The van der Waals surface area contributed by atoms with Crippen molar-refractivity contribution in [2.24, 2.45) is 0 Å². The Hall–Kier alpha value is -3.44. The number of carboxylic acids is 1. The summed E-state index contributed by atoms with van der Waals surface area (Å²) in [4.78, 5) is 34.4. The van der Waals surface area contributed by atoms with E-state index in [1.165, 1.54) is 23.5 Å². The molecule has 3 heterocycles. The number of rotatable bonds is 8. The van der Waals surface area contributed by atoms with Crippen molar-refractivity contribution in [2.45, 2.75) is 13.0 Å². The van der Waals surface area contributed by atoms with E-state index >= 15 is 0 Å². The highest BCUT2D eigenvalue weighted by Gasteiger charge is 2.23. The van der Waals surface area contributed by atoms with Crippen molar-refractivity contribution in [1.29, 1.82) is 0 Å². The van der Waals surface area contributed by atoms with Crippen LogP contribution in [0.15, 0.2) is 48.5 Å². The van der Waals surface area contributed by atoms with Gasteiger partial charge in [0.15, 0.2) is 5.13 Å². The minimum absolute atomic E-state index is 0.0778. The van der Waals surface area contributed by atoms with Gasteiger partial charge in [-0.1, -0.05) is 53.3 Å². The van der Waals surface area contributed by atoms with Gasteiger partial charge in [-0.25, -0.2) is 9.78 Å². The lowest BCUT2D eigenvalue weighted by Gasteiger charge is -2.31. The third kappa shape index (κ3) is 5.78. The van der Waals surface area contributed by atoms with E-state index in [2.05, 4.69) is 20.2 Å². The average Bonchev–Trinajstić information content (AvgIpc) is 3.46. The second-order valence-corrected chi connectivity index (χ2v) is 10.1. The van der Waals surface area contributed by atoms with Crippen molar-refractivity contribution >= 4 is 50.2 Å². The van der Waals surface area contributed by atoms with Crippen LogP contribution < -0.4 is 10.1 Å². The van der Waals surface area contributed by atoms with Gasteiger partial charge in [0, 0.05) is 25.3 Å². The lowest BCUT2D eigenvalue weighted by atomic mass is 10.1. The van der Waals surface area contributed by atoms with Crippen LogP contribution in [-0.4, -0.2) is 64.7 Å². The number of H-pyrrole nitrogens is 1. The first kappa shape index (κ1) is 25.2. The minimum atomic E-state index is -1.08. The van der Waals surface area contributed by atoms with Gasteiger partial charge in [0.1, 0.15) is 23.1 Å². The molecular formula is C26H25ClN4O5S. The fourth-order valence-electron chi connectivity index (χ4n) is 4.14. The van der Waals surface area contributed by atoms with Crippen LogP contribution in [0.25, 0.3) is 10.2 Å². The number of aromatic amines is 1. The number of benzene rings is 2. The summed E-state index contributed by atoms with van der Waals surface area (Å²) in [5, 5.41) is 13.3. The Balaban J connectivity index is 1.48. The number of morpholine rings is 1. The van der Waals surface area contributed by atoms with Crippen LogP contribution in [0.5, 0.6) is 5.75 Å². The second kappa shape index (κ2) is 10.9.